The predicted molar refractivity (Wildman–Crippen MR) is 114 cm³/mol. The van der Waals surface area contributed by atoms with Gasteiger partial charge >= 0.3 is 0 Å². The summed E-state index contributed by atoms with van der Waals surface area (Å²) in [7, 11) is 3.01. The smallest absolute Gasteiger partial charge is 0.293 e. The molecule has 2 amide bonds. The van der Waals surface area contributed by atoms with Crippen molar-refractivity contribution >= 4 is 23.3 Å². The van der Waals surface area contributed by atoms with Gasteiger partial charge in [-0.3, -0.25) is 14.4 Å². The molecule has 0 aliphatic rings. The number of benzene rings is 1. The van der Waals surface area contributed by atoms with E-state index in [1.54, 1.807) is 20.9 Å². The van der Waals surface area contributed by atoms with Crippen LogP contribution in [0.15, 0.2) is 18.2 Å². The van der Waals surface area contributed by atoms with Gasteiger partial charge in [0.1, 0.15) is 17.6 Å². The summed E-state index contributed by atoms with van der Waals surface area (Å²) in [6.07, 6.45) is 10.6. The summed E-state index contributed by atoms with van der Waals surface area (Å²) in [5.74, 6) is 1.68. The molecule has 0 saturated heterocycles. The Bertz CT molecular complexity index is 1140. The van der Waals surface area contributed by atoms with E-state index < -0.39 is 29.5 Å². The fraction of sp³-hybridized carbons (Fsp3) is 0.261. The number of rotatable bonds is 7. The van der Waals surface area contributed by atoms with Crippen LogP contribution in [0.2, 0.25) is 0 Å². The first-order valence-electron chi connectivity index (χ1n) is 9.19. The maximum atomic E-state index is 13.6. The number of hydrogen-bond acceptors (Lipinski definition) is 4. The molecule has 2 aromatic rings. The Kier molecular flexibility index (Phi) is 7.36. The Morgan fingerprint density at radius 1 is 1.26 bits per heavy atom. The first-order chi connectivity index (χ1) is 14.7. The lowest BCUT2D eigenvalue weighted by Gasteiger charge is -2.11. The largest absolute Gasteiger partial charge is 0.382 e. The molecule has 160 valence electrons. The molecule has 0 fully saturated rings. The van der Waals surface area contributed by atoms with Gasteiger partial charge in [-0.1, -0.05) is 11.8 Å². The van der Waals surface area contributed by atoms with Crippen LogP contribution in [-0.2, 0) is 16.6 Å². The standard InChI is InChI=1S/C23H22FN3O4/c1-7-15-11-17(9-10-18(15)24)26-22(29)20-13(3)19(14(4)27(20)5)21(28)23(30)25-16(8-2)12-31-6/h1-2,9-11,16H,12H2,3-6H3,(H,25,30)(H,26,29)/t16-/m1/s1. The van der Waals surface area contributed by atoms with Crippen molar-refractivity contribution in [3.8, 4) is 24.7 Å². The van der Waals surface area contributed by atoms with Gasteiger partial charge in [0.15, 0.2) is 0 Å². The number of carbonyl (C=O) groups excluding carboxylic acids is 3. The van der Waals surface area contributed by atoms with Crippen LogP contribution in [0.4, 0.5) is 10.1 Å². The molecule has 0 bridgehead atoms. The van der Waals surface area contributed by atoms with Crippen LogP contribution in [0.5, 0.6) is 0 Å². The van der Waals surface area contributed by atoms with E-state index in [1.165, 1.54) is 23.8 Å². The van der Waals surface area contributed by atoms with E-state index in [9.17, 15) is 18.8 Å². The molecular formula is C23H22FN3O4. The van der Waals surface area contributed by atoms with Crippen molar-refractivity contribution in [2.45, 2.75) is 19.9 Å². The minimum absolute atomic E-state index is 0.00393. The fourth-order valence-electron chi connectivity index (χ4n) is 3.17. The number of Topliss-reactive ketones (excluding diaryl/α,β-unsaturated/α-hetero) is 1. The zero-order valence-electron chi connectivity index (χ0n) is 17.6. The molecule has 0 radical (unpaired) electrons. The number of hydrogen-bond donors (Lipinski definition) is 2. The number of anilines is 1. The molecule has 31 heavy (non-hydrogen) atoms. The minimum atomic E-state index is -0.902. The highest BCUT2D eigenvalue weighted by atomic mass is 19.1. The molecule has 0 spiro atoms. The van der Waals surface area contributed by atoms with E-state index in [0.717, 1.165) is 6.07 Å². The van der Waals surface area contributed by atoms with Crippen molar-refractivity contribution in [3.63, 3.8) is 0 Å². The number of nitrogens with zero attached hydrogens (tertiary/aromatic N) is 1. The maximum absolute atomic E-state index is 13.6. The normalized spacial score (nSPS) is 11.2. The van der Waals surface area contributed by atoms with E-state index >= 15 is 0 Å². The van der Waals surface area contributed by atoms with Gasteiger partial charge < -0.3 is 19.9 Å². The number of methoxy groups -OCH3 is 1. The van der Waals surface area contributed by atoms with Gasteiger partial charge in [0.05, 0.1) is 17.7 Å². The second-order valence-electron chi connectivity index (χ2n) is 6.76. The monoisotopic (exact) mass is 423 g/mol. The van der Waals surface area contributed by atoms with Crippen molar-refractivity contribution in [1.29, 1.82) is 0 Å². The number of halogens is 1. The van der Waals surface area contributed by atoms with Crippen LogP contribution in [0.1, 0.15) is 37.7 Å². The molecule has 1 aromatic heterocycles. The van der Waals surface area contributed by atoms with Crippen molar-refractivity contribution in [3.05, 3.63) is 52.1 Å². The van der Waals surface area contributed by atoms with E-state index in [1.807, 2.05) is 0 Å². The van der Waals surface area contributed by atoms with Crippen LogP contribution >= 0.6 is 0 Å². The minimum Gasteiger partial charge on any atom is -0.382 e. The first-order valence-corrected chi connectivity index (χ1v) is 9.19. The number of ketones is 1. The Labute approximate surface area is 180 Å². The number of nitrogens with one attached hydrogen (secondary N) is 2. The van der Waals surface area contributed by atoms with Crippen molar-refractivity contribution in [1.82, 2.24) is 9.88 Å². The lowest BCUT2D eigenvalue weighted by Crippen LogP contribution is -2.41. The van der Waals surface area contributed by atoms with E-state index in [-0.39, 0.29) is 23.4 Å². The molecule has 1 heterocycles. The van der Waals surface area contributed by atoms with Crippen molar-refractivity contribution < 1.29 is 23.5 Å². The third-order valence-corrected chi connectivity index (χ3v) is 4.80. The Morgan fingerprint density at radius 3 is 2.52 bits per heavy atom. The molecule has 0 unspecified atom stereocenters. The van der Waals surface area contributed by atoms with Gasteiger partial charge in [-0.15, -0.1) is 12.8 Å². The summed E-state index contributed by atoms with van der Waals surface area (Å²) < 4.78 is 20.0. The lowest BCUT2D eigenvalue weighted by molar-refractivity contribution is -0.117. The number of amides is 2. The van der Waals surface area contributed by atoms with E-state index in [2.05, 4.69) is 22.5 Å². The van der Waals surface area contributed by atoms with Crippen LogP contribution in [0.25, 0.3) is 0 Å². The molecule has 0 aliphatic heterocycles. The average Bonchev–Trinajstić information content (AvgIpc) is 2.96. The van der Waals surface area contributed by atoms with Crippen LogP contribution in [0, 0.1) is 44.4 Å². The van der Waals surface area contributed by atoms with Gasteiger partial charge in [-0.2, -0.15) is 0 Å². The molecule has 2 rings (SSSR count). The van der Waals surface area contributed by atoms with Gasteiger partial charge in [-0.05, 0) is 37.6 Å². The Morgan fingerprint density at radius 2 is 1.94 bits per heavy atom. The zero-order valence-corrected chi connectivity index (χ0v) is 17.6. The summed E-state index contributed by atoms with van der Waals surface area (Å²) in [4.78, 5) is 38.1. The molecular weight excluding hydrogens is 401 g/mol. The Hall–Kier alpha value is -3.88. The van der Waals surface area contributed by atoms with Crippen LogP contribution in [-0.4, -0.2) is 41.9 Å². The second kappa shape index (κ2) is 9.75. The van der Waals surface area contributed by atoms with E-state index in [4.69, 9.17) is 17.6 Å². The third-order valence-electron chi connectivity index (χ3n) is 4.80. The molecule has 8 heteroatoms. The summed E-state index contributed by atoms with van der Waals surface area (Å²) in [6, 6.07) is 3.08. The lowest BCUT2D eigenvalue weighted by atomic mass is 10.0. The zero-order chi connectivity index (χ0) is 23.3. The summed E-state index contributed by atoms with van der Waals surface area (Å²) in [5.41, 5.74) is 1.31. The topological polar surface area (TPSA) is 89.4 Å². The SMILES string of the molecule is C#Cc1cc(NC(=O)c2c(C)c(C(=O)C(=O)N[C@H](C#C)COC)c(C)n2C)ccc1F. The molecule has 1 atom stereocenters. The first kappa shape index (κ1) is 23.4. The van der Waals surface area contributed by atoms with Gasteiger partial charge in [0.25, 0.3) is 17.6 Å². The fourth-order valence-corrected chi connectivity index (χ4v) is 3.17. The highest BCUT2D eigenvalue weighted by molar-refractivity contribution is 6.43. The summed E-state index contributed by atoms with van der Waals surface area (Å²) >= 11 is 0. The summed E-state index contributed by atoms with van der Waals surface area (Å²) in [5, 5.41) is 5.05. The quantitative estimate of drug-likeness (QED) is 0.405. The highest BCUT2D eigenvalue weighted by Gasteiger charge is 2.29. The number of ether oxygens (including phenoxy) is 1. The number of carbonyl (C=O) groups is 3. The van der Waals surface area contributed by atoms with Gasteiger partial charge in [0, 0.05) is 25.5 Å². The van der Waals surface area contributed by atoms with Crippen LogP contribution in [0.3, 0.4) is 0 Å². The molecule has 2 N–H and O–H groups in total. The predicted octanol–water partition coefficient (Wildman–Crippen LogP) is 1.96. The Balaban J connectivity index is 2.34. The average molecular weight is 423 g/mol. The third kappa shape index (κ3) is 4.82. The number of aromatic nitrogens is 1. The molecule has 0 aliphatic carbocycles. The van der Waals surface area contributed by atoms with Gasteiger partial charge in [0.2, 0.25) is 0 Å². The molecule has 0 saturated carbocycles. The summed E-state index contributed by atoms with van der Waals surface area (Å²) in [6.45, 7) is 3.23. The second-order valence-corrected chi connectivity index (χ2v) is 6.76. The van der Waals surface area contributed by atoms with Gasteiger partial charge in [-0.25, -0.2) is 4.39 Å². The number of terminal acetylenes is 2. The van der Waals surface area contributed by atoms with E-state index in [0.29, 0.717) is 16.9 Å². The maximum Gasteiger partial charge on any atom is 0.293 e. The highest BCUT2D eigenvalue weighted by Crippen LogP contribution is 2.23. The van der Waals surface area contributed by atoms with Crippen molar-refractivity contribution in [2.24, 2.45) is 7.05 Å². The van der Waals surface area contributed by atoms with Crippen LogP contribution < -0.4 is 10.6 Å². The molecule has 7 nitrogen and oxygen atoms in total. The molecule has 1 aromatic carbocycles. The van der Waals surface area contributed by atoms with Crippen molar-refractivity contribution in [2.75, 3.05) is 19.0 Å².